The number of phenols is 1. The minimum atomic E-state index is -0.597. The monoisotopic (exact) mass is 391 g/mol. The Hall–Kier alpha value is -1.75. The summed E-state index contributed by atoms with van der Waals surface area (Å²) in [6.45, 7) is 7.18. The molecule has 1 aliphatic heterocycles. The summed E-state index contributed by atoms with van der Waals surface area (Å²) in [5.41, 5.74) is 2.68. The summed E-state index contributed by atoms with van der Waals surface area (Å²) < 4.78 is 5.79. The van der Waals surface area contributed by atoms with Gasteiger partial charge in [-0.05, 0) is 56.0 Å². The van der Waals surface area contributed by atoms with Crippen molar-refractivity contribution < 1.29 is 14.9 Å². The van der Waals surface area contributed by atoms with E-state index >= 15 is 0 Å². The van der Waals surface area contributed by atoms with Gasteiger partial charge in [-0.25, -0.2) is 0 Å². The highest BCUT2D eigenvalue weighted by Gasteiger charge is 2.32. The minimum absolute atomic E-state index is 0. The zero-order valence-corrected chi connectivity index (χ0v) is 17.0. The molecule has 2 aromatic rings. The highest BCUT2D eigenvalue weighted by atomic mass is 35.5. The molecule has 148 valence electrons. The van der Waals surface area contributed by atoms with Gasteiger partial charge in [-0.1, -0.05) is 29.8 Å². The molecule has 2 aromatic carbocycles. The molecular formula is C22H30ClNO3. The van der Waals surface area contributed by atoms with Crippen LogP contribution in [0.3, 0.4) is 0 Å². The molecule has 0 atom stereocenters. The number of aryl methyl sites for hydroxylation is 2. The van der Waals surface area contributed by atoms with Crippen molar-refractivity contribution >= 4 is 12.4 Å². The third kappa shape index (κ3) is 6.13. The Balaban J connectivity index is 0.00000261. The molecule has 0 aliphatic carbocycles. The van der Waals surface area contributed by atoms with Crippen LogP contribution in [0.5, 0.6) is 11.5 Å². The Bertz CT molecular complexity index is 725. The summed E-state index contributed by atoms with van der Waals surface area (Å²) >= 11 is 0. The second-order valence-electron chi connectivity index (χ2n) is 7.53. The van der Waals surface area contributed by atoms with Crippen LogP contribution in [-0.4, -0.2) is 47.0 Å². The quantitative estimate of drug-likeness (QED) is 0.784. The largest absolute Gasteiger partial charge is 0.508 e. The number of nitrogens with zero attached hydrogens (tertiary/aromatic N) is 1. The predicted octanol–water partition coefficient (Wildman–Crippen LogP) is 3.88. The van der Waals surface area contributed by atoms with E-state index in [1.165, 1.54) is 11.1 Å². The van der Waals surface area contributed by atoms with Crippen LogP contribution in [0, 0.1) is 13.8 Å². The first-order chi connectivity index (χ1) is 12.4. The van der Waals surface area contributed by atoms with Crippen LogP contribution in [-0.2, 0) is 6.42 Å². The Labute approximate surface area is 168 Å². The predicted molar refractivity (Wildman–Crippen MR) is 111 cm³/mol. The number of ether oxygens (including phenoxy) is 1. The van der Waals surface area contributed by atoms with Crippen molar-refractivity contribution in [1.29, 1.82) is 0 Å². The van der Waals surface area contributed by atoms with Crippen molar-refractivity contribution in [2.45, 2.75) is 38.7 Å². The molecule has 0 unspecified atom stereocenters. The molecule has 1 saturated heterocycles. The zero-order valence-electron chi connectivity index (χ0n) is 16.1. The summed E-state index contributed by atoms with van der Waals surface area (Å²) in [5.74, 6) is 1.08. The number of hydrogen-bond donors (Lipinski definition) is 2. The third-order valence-corrected chi connectivity index (χ3v) is 5.29. The molecule has 27 heavy (non-hydrogen) atoms. The summed E-state index contributed by atoms with van der Waals surface area (Å²) in [6, 6.07) is 13.8. The van der Waals surface area contributed by atoms with Gasteiger partial charge in [0.25, 0.3) is 0 Å². The SMILES string of the molecule is Cc1ccc(CC2(O)CCN(CCOc3ccc(O)c(C)c3)CC2)cc1.Cl. The molecule has 0 saturated carbocycles. The molecule has 3 rings (SSSR count). The van der Waals surface area contributed by atoms with Gasteiger partial charge in [0.15, 0.2) is 0 Å². The molecule has 4 nitrogen and oxygen atoms in total. The van der Waals surface area contributed by atoms with E-state index < -0.39 is 5.60 Å². The molecule has 0 bridgehead atoms. The van der Waals surface area contributed by atoms with Crippen LogP contribution in [0.2, 0.25) is 0 Å². The molecule has 0 aromatic heterocycles. The first-order valence-electron chi connectivity index (χ1n) is 9.36. The highest BCUT2D eigenvalue weighted by Crippen LogP contribution is 2.27. The van der Waals surface area contributed by atoms with Crippen LogP contribution in [0.4, 0.5) is 0 Å². The van der Waals surface area contributed by atoms with E-state index in [1.807, 2.05) is 13.0 Å². The lowest BCUT2D eigenvalue weighted by Gasteiger charge is -2.38. The molecule has 0 radical (unpaired) electrons. The molecule has 0 amide bonds. The van der Waals surface area contributed by atoms with Gasteiger partial charge in [0, 0.05) is 26.1 Å². The second-order valence-corrected chi connectivity index (χ2v) is 7.53. The van der Waals surface area contributed by atoms with Crippen LogP contribution in [0.25, 0.3) is 0 Å². The van der Waals surface area contributed by atoms with Crippen molar-refractivity contribution in [3.63, 3.8) is 0 Å². The van der Waals surface area contributed by atoms with E-state index in [9.17, 15) is 10.2 Å². The van der Waals surface area contributed by atoms with Gasteiger partial charge in [0.2, 0.25) is 0 Å². The normalized spacial score (nSPS) is 16.6. The van der Waals surface area contributed by atoms with Crippen LogP contribution >= 0.6 is 12.4 Å². The summed E-state index contributed by atoms with van der Waals surface area (Å²) in [5, 5.41) is 20.4. The van der Waals surface area contributed by atoms with Crippen molar-refractivity contribution in [1.82, 2.24) is 4.90 Å². The maximum absolute atomic E-state index is 10.9. The van der Waals surface area contributed by atoms with E-state index in [0.29, 0.717) is 12.4 Å². The van der Waals surface area contributed by atoms with Crippen LogP contribution in [0.15, 0.2) is 42.5 Å². The van der Waals surface area contributed by atoms with Gasteiger partial charge in [-0.2, -0.15) is 0 Å². The first kappa shape index (κ1) is 21.5. The van der Waals surface area contributed by atoms with Crippen molar-refractivity contribution in [2.24, 2.45) is 0 Å². The lowest BCUT2D eigenvalue weighted by molar-refractivity contribution is -0.0226. The smallest absolute Gasteiger partial charge is 0.119 e. The maximum atomic E-state index is 10.9. The number of aromatic hydroxyl groups is 1. The average Bonchev–Trinajstić information content (AvgIpc) is 2.62. The molecule has 1 heterocycles. The van der Waals surface area contributed by atoms with Crippen molar-refractivity contribution in [3.05, 3.63) is 59.2 Å². The Kier molecular flexibility index (Phi) is 7.54. The average molecular weight is 392 g/mol. The van der Waals surface area contributed by atoms with Crippen LogP contribution < -0.4 is 4.74 Å². The van der Waals surface area contributed by atoms with E-state index in [4.69, 9.17) is 4.74 Å². The fourth-order valence-corrected chi connectivity index (χ4v) is 3.47. The number of phenolic OH excluding ortho intramolecular Hbond substituents is 1. The van der Waals surface area contributed by atoms with Gasteiger partial charge in [-0.15, -0.1) is 12.4 Å². The van der Waals surface area contributed by atoms with E-state index in [2.05, 4.69) is 36.1 Å². The van der Waals surface area contributed by atoms with Gasteiger partial charge >= 0.3 is 0 Å². The van der Waals surface area contributed by atoms with Gasteiger partial charge in [-0.3, -0.25) is 4.90 Å². The molecule has 0 spiro atoms. The number of benzene rings is 2. The van der Waals surface area contributed by atoms with E-state index in [1.54, 1.807) is 12.1 Å². The minimum Gasteiger partial charge on any atom is -0.508 e. The molecule has 2 N–H and O–H groups in total. The number of halogens is 1. The number of rotatable bonds is 6. The van der Waals surface area contributed by atoms with Crippen molar-refractivity contribution in [2.75, 3.05) is 26.2 Å². The molecule has 1 aliphatic rings. The Morgan fingerprint density at radius 2 is 1.70 bits per heavy atom. The van der Waals surface area contributed by atoms with Crippen LogP contribution in [0.1, 0.15) is 29.5 Å². The van der Waals surface area contributed by atoms with E-state index in [0.717, 1.165) is 50.2 Å². The van der Waals surface area contributed by atoms with Gasteiger partial charge in [0.05, 0.1) is 5.60 Å². The number of hydrogen-bond acceptors (Lipinski definition) is 4. The Morgan fingerprint density at radius 3 is 2.33 bits per heavy atom. The zero-order chi connectivity index (χ0) is 18.6. The maximum Gasteiger partial charge on any atom is 0.119 e. The topological polar surface area (TPSA) is 52.9 Å². The number of piperidine rings is 1. The number of likely N-dealkylation sites (tertiary alicyclic amines) is 1. The lowest BCUT2D eigenvalue weighted by Crippen LogP contribution is -2.46. The van der Waals surface area contributed by atoms with Gasteiger partial charge < -0.3 is 14.9 Å². The van der Waals surface area contributed by atoms with Crippen molar-refractivity contribution in [3.8, 4) is 11.5 Å². The second kappa shape index (κ2) is 9.45. The summed E-state index contributed by atoms with van der Waals surface area (Å²) in [4.78, 5) is 2.34. The molecule has 1 fully saturated rings. The summed E-state index contributed by atoms with van der Waals surface area (Å²) in [7, 11) is 0. The third-order valence-electron chi connectivity index (χ3n) is 5.29. The molecular weight excluding hydrogens is 362 g/mol. The number of aliphatic hydroxyl groups is 1. The summed E-state index contributed by atoms with van der Waals surface area (Å²) in [6.07, 6.45) is 2.31. The highest BCUT2D eigenvalue weighted by molar-refractivity contribution is 5.85. The Morgan fingerprint density at radius 1 is 1.04 bits per heavy atom. The first-order valence-corrected chi connectivity index (χ1v) is 9.36. The fraction of sp³-hybridized carbons (Fsp3) is 0.455. The molecule has 5 heteroatoms. The fourth-order valence-electron chi connectivity index (χ4n) is 3.47. The standard InChI is InChI=1S/C22H29NO3.ClH/c1-17-3-5-19(6-4-17)16-22(25)9-11-23(12-10-22)13-14-26-20-7-8-21(24)18(2)15-20;/h3-8,15,24-25H,9-14,16H2,1-2H3;1H. The van der Waals surface area contributed by atoms with Gasteiger partial charge in [0.1, 0.15) is 18.1 Å². The lowest BCUT2D eigenvalue weighted by atomic mass is 9.85. The van der Waals surface area contributed by atoms with E-state index in [-0.39, 0.29) is 12.4 Å².